The summed E-state index contributed by atoms with van der Waals surface area (Å²) in [4.78, 5) is 24.3. The summed E-state index contributed by atoms with van der Waals surface area (Å²) < 4.78 is 16.1. The quantitative estimate of drug-likeness (QED) is 0.866. The van der Waals surface area contributed by atoms with Gasteiger partial charge in [-0.25, -0.2) is 13.8 Å². The molecule has 0 saturated heterocycles. The molecule has 20 heavy (non-hydrogen) atoms. The van der Waals surface area contributed by atoms with Crippen LogP contribution >= 0.6 is 11.6 Å². The zero-order valence-electron chi connectivity index (χ0n) is 10.3. The first kappa shape index (κ1) is 12.9. The van der Waals surface area contributed by atoms with Crippen LogP contribution in [0.1, 0.15) is 12.1 Å². The number of fused-ring (bicyclic) bond motifs is 1. The molecule has 2 heterocycles. The molecular weight excluding hydrogens is 287 g/mol. The number of benzene rings is 1. The molecule has 2 aromatic rings. The van der Waals surface area contributed by atoms with Crippen LogP contribution in [0.25, 0.3) is 5.69 Å². The Morgan fingerprint density at radius 1 is 1.25 bits per heavy atom. The minimum Gasteiger partial charge on any atom is -0.506 e. The summed E-state index contributed by atoms with van der Waals surface area (Å²) in [7, 11) is 0. The van der Waals surface area contributed by atoms with E-state index < -0.39 is 17.1 Å². The van der Waals surface area contributed by atoms with Gasteiger partial charge in [0.15, 0.2) is 0 Å². The van der Waals surface area contributed by atoms with Crippen molar-refractivity contribution in [2.75, 3.05) is 0 Å². The number of halogens is 2. The van der Waals surface area contributed by atoms with Crippen LogP contribution in [0.15, 0.2) is 27.8 Å². The molecule has 7 heteroatoms. The molecule has 0 fully saturated rings. The molecule has 0 spiro atoms. The molecule has 1 aromatic heterocycles. The molecule has 0 amide bonds. The molecule has 1 aliphatic heterocycles. The number of phenols is 1. The number of hydrogen-bond acceptors (Lipinski definition) is 3. The number of rotatable bonds is 1. The summed E-state index contributed by atoms with van der Waals surface area (Å²) in [6, 6.07) is 3.16. The molecule has 0 atom stereocenters. The largest absolute Gasteiger partial charge is 0.506 e. The van der Waals surface area contributed by atoms with Crippen LogP contribution in [0.2, 0.25) is 5.02 Å². The van der Waals surface area contributed by atoms with Gasteiger partial charge in [0.1, 0.15) is 11.6 Å². The van der Waals surface area contributed by atoms with Crippen molar-refractivity contribution in [1.82, 2.24) is 9.13 Å². The van der Waals surface area contributed by atoms with Gasteiger partial charge < -0.3 is 5.11 Å². The van der Waals surface area contributed by atoms with Crippen LogP contribution in [0.4, 0.5) is 4.39 Å². The fourth-order valence-electron chi connectivity index (χ4n) is 2.41. The standard InChI is InChI=1S/C13H10ClFN2O3/c14-8-5-9(15)10(6-11(8)18)17-12(19)4-7-2-1-3-16(7)13(17)20/h4-6,18H,1-3H2. The van der Waals surface area contributed by atoms with Gasteiger partial charge in [0.05, 0.1) is 10.7 Å². The summed E-state index contributed by atoms with van der Waals surface area (Å²) in [5.74, 6) is -1.23. The summed E-state index contributed by atoms with van der Waals surface area (Å²) in [6.45, 7) is 0.496. The Bertz CT molecular complexity index is 826. The first-order valence-corrected chi connectivity index (χ1v) is 6.41. The van der Waals surface area contributed by atoms with E-state index in [2.05, 4.69) is 0 Å². The predicted molar refractivity (Wildman–Crippen MR) is 71.3 cm³/mol. The Kier molecular flexibility index (Phi) is 2.90. The number of aromatic nitrogens is 2. The van der Waals surface area contributed by atoms with E-state index in [-0.39, 0.29) is 16.5 Å². The molecule has 3 rings (SSSR count). The second-order valence-electron chi connectivity index (χ2n) is 4.60. The molecule has 1 N–H and O–H groups in total. The van der Waals surface area contributed by atoms with Gasteiger partial charge in [-0.15, -0.1) is 0 Å². The van der Waals surface area contributed by atoms with Gasteiger partial charge >= 0.3 is 5.69 Å². The SMILES string of the molecule is O=c1cc2n(c(=O)n1-c1cc(O)c(Cl)cc1F)CCC2. The summed E-state index contributed by atoms with van der Waals surface area (Å²) in [5, 5.41) is 9.36. The molecule has 1 aliphatic rings. The predicted octanol–water partition coefficient (Wildman–Crippen LogP) is 1.44. The molecule has 0 unspecified atom stereocenters. The number of hydrogen-bond donors (Lipinski definition) is 1. The molecule has 0 bridgehead atoms. The number of aryl methyl sites for hydroxylation is 1. The van der Waals surface area contributed by atoms with E-state index in [1.807, 2.05) is 0 Å². The Morgan fingerprint density at radius 3 is 2.75 bits per heavy atom. The molecule has 104 valence electrons. The third-order valence-corrected chi connectivity index (χ3v) is 3.65. The molecule has 1 aromatic carbocycles. The first-order valence-electron chi connectivity index (χ1n) is 6.03. The van der Waals surface area contributed by atoms with Crippen molar-refractivity contribution < 1.29 is 9.50 Å². The van der Waals surface area contributed by atoms with Crippen molar-refractivity contribution >= 4 is 11.6 Å². The van der Waals surface area contributed by atoms with Crippen molar-refractivity contribution in [3.05, 3.63) is 55.6 Å². The monoisotopic (exact) mass is 296 g/mol. The number of nitrogens with zero attached hydrogens (tertiary/aromatic N) is 2. The third-order valence-electron chi connectivity index (χ3n) is 3.35. The van der Waals surface area contributed by atoms with Gasteiger partial charge in [-0.3, -0.25) is 9.36 Å². The van der Waals surface area contributed by atoms with Crippen LogP contribution in [0, 0.1) is 5.82 Å². The van der Waals surface area contributed by atoms with Crippen LogP contribution in [-0.4, -0.2) is 14.2 Å². The summed E-state index contributed by atoms with van der Waals surface area (Å²) >= 11 is 5.59. The maximum atomic E-state index is 13.9. The van der Waals surface area contributed by atoms with Crippen molar-refractivity contribution in [2.24, 2.45) is 0 Å². The van der Waals surface area contributed by atoms with Crippen molar-refractivity contribution in [3.8, 4) is 11.4 Å². The minimum atomic E-state index is -0.842. The van der Waals surface area contributed by atoms with Gasteiger partial charge in [-0.05, 0) is 18.9 Å². The van der Waals surface area contributed by atoms with Crippen molar-refractivity contribution in [3.63, 3.8) is 0 Å². The molecule has 0 saturated carbocycles. The Hall–Kier alpha value is -2.08. The lowest BCUT2D eigenvalue weighted by molar-refractivity contribution is 0.472. The van der Waals surface area contributed by atoms with Crippen LogP contribution in [-0.2, 0) is 13.0 Å². The highest BCUT2D eigenvalue weighted by atomic mass is 35.5. The lowest BCUT2D eigenvalue weighted by Crippen LogP contribution is -2.38. The molecular formula is C13H10ClFN2O3. The van der Waals surface area contributed by atoms with Crippen molar-refractivity contribution in [1.29, 1.82) is 0 Å². The summed E-state index contributed by atoms with van der Waals surface area (Å²) in [6.07, 6.45) is 1.42. The van der Waals surface area contributed by atoms with Crippen LogP contribution < -0.4 is 11.2 Å². The van der Waals surface area contributed by atoms with Crippen LogP contribution in [0.3, 0.4) is 0 Å². The van der Waals surface area contributed by atoms with Gasteiger partial charge in [0.2, 0.25) is 0 Å². The normalized spacial score (nSPS) is 13.5. The highest BCUT2D eigenvalue weighted by molar-refractivity contribution is 6.32. The third kappa shape index (κ3) is 1.84. The molecule has 0 aliphatic carbocycles. The van der Waals surface area contributed by atoms with Gasteiger partial charge in [-0.1, -0.05) is 11.6 Å². The van der Waals surface area contributed by atoms with E-state index in [1.165, 1.54) is 10.6 Å². The fraction of sp³-hybridized carbons (Fsp3) is 0.231. The van der Waals surface area contributed by atoms with Crippen molar-refractivity contribution in [2.45, 2.75) is 19.4 Å². The smallest absolute Gasteiger partial charge is 0.335 e. The second-order valence-corrected chi connectivity index (χ2v) is 5.01. The maximum Gasteiger partial charge on any atom is 0.335 e. The average molecular weight is 297 g/mol. The Labute approximate surface area is 117 Å². The fourth-order valence-corrected chi connectivity index (χ4v) is 2.56. The van der Waals surface area contributed by atoms with Gasteiger partial charge in [-0.2, -0.15) is 0 Å². The average Bonchev–Trinajstić information content (AvgIpc) is 2.83. The topological polar surface area (TPSA) is 64.2 Å². The lowest BCUT2D eigenvalue weighted by atomic mass is 10.2. The Morgan fingerprint density at radius 2 is 2.00 bits per heavy atom. The second kappa shape index (κ2) is 4.49. The van der Waals surface area contributed by atoms with E-state index >= 15 is 0 Å². The molecule has 0 radical (unpaired) electrons. The van der Waals surface area contributed by atoms with E-state index in [9.17, 15) is 19.1 Å². The first-order chi connectivity index (χ1) is 9.49. The van der Waals surface area contributed by atoms with E-state index in [4.69, 9.17) is 11.6 Å². The van der Waals surface area contributed by atoms with Gasteiger partial charge in [0.25, 0.3) is 5.56 Å². The lowest BCUT2D eigenvalue weighted by Gasteiger charge is -2.10. The highest BCUT2D eigenvalue weighted by Gasteiger charge is 2.19. The molecule has 5 nitrogen and oxygen atoms in total. The minimum absolute atomic E-state index is 0.180. The zero-order valence-corrected chi connectivity index (χ0v) is 11.0. The zero-order chi connectivity index (χ0) is 14.4. The van der Waals surface area contributed by atoms with E-state index in [1.54, 1.807) is 0 Å². The van der Waals surface area contributed by atoms with Crippen LogP contribution in [0.5, 0.6) is 5.75 Å². The number of aromatic hydroxyl groups is 1. The summed E-state index contributed by atoms with van der Waals surface area (Å²) in [5.41, 5.74) is -0.881. The van der Waals surface area contributed by atoms with Gasteiger partial charge in [0, 0.05) is 24.4 Å². The highest BCUT2D eigenvalue weighted by Crippen LogP contribution is 2.27. The van der Waals surface area contributed by atoms with E-state index in [0.29, 0.717) is 23.2 Å². The maximum absolute atomic E-state index is 13.9. The number of phenolic OH excluding ortho intramolecular Hbond substituents is 1. The van der Waals surface area contributed by atoms with E-state index in [0.717, 1.165) is 18.6 Å². The Balaban J connectivity index is 2.34.